The summed E-state index contributed by atoms with van der Waals surface area (Å²) >= 11 is 18.0. The Balaban J connectivity index is 1.31. The molecule has 1 aliphatic heterocycles. The first kappa shape index (κ1) is 29.9. The van der Waals surface area contributed by atoms with E-state index in [1.807, 2.05) is 30.3 Å². The van der Waals surface area contributed by atoms with Gasteiger partial charge in [0.05, 0.1) is 16.7 Å². The highest BCUT2D eigenvalue weighted by atomic mass is 35.5. The van der Waals surface area contributed by atoms with Gasteiger partial charge in [0, 0.05) is 40.0 Å². The van der Waals surface area contributed by atoms with Crippen molar-refractivity contribution in [2.24, 2.45) is 5.10 Å². The van der Waals surface area contributed by atoms with Crippen molar-refractivity contribution >= 4 is 81.2 Å². The van der Waals surface area contributed by atoms with Crippen LogP contribution in [0, 0.1) is 10.1 Å². The first-order chi connectivity index (χ1) is 21.8. The monoisotopic (exact) mass is 655 g/mol. The molecule has 0 aliphatic carbocycles. The number of thiocarbonyl (C=S) groups is 1. The molecule has 2 heterocycles. The molecular weight excluding hydrogens is 633 g/mol. The normalized spacial score (nSPS) is 14.0. The van der Waals surface area contributed by atoms with Gasteiger partial charge in [0.2, 0.25) is 17.8 Å². The average Bonchev–Trinajstić information content (AvgIpc) is 3.50. The van der Waals surface area contributed by atoms with Crippen LogP contribution in [0.2, 0.25) is 10.0 Å². The third kappa shape index (κ3) is 7.32. The molecule has 1 aromatic heterocycles. The smallest absolute Gasteiger partial charge is 0.269 e. The summed E-state index contributed by atoms with van der Waals surface area (Å²) in [5.74, 6) is 0.653. The van der Waals surface area contributed by atoms with Crippen molar-refractivity contribution in [2.75, 3.05) is 16.0 Å². The molecule has 6 rings (SSSR count). The molecule has 0 spiro atoms. The number of anilines is 5. The summed E-state index contributed by atoms with van der Waals surface area (Å²) in [6.45, 7) is 0. The fraction of sp³-hybridized carbons (Fsp3) is 0.0645. The van der Waals surface area contributed by atoms with Crippen LogP contribution >= 0.6 is 35.4 Å². The van der Waals surface area contributed by atoms with E-state index in [4.69, 9.17) is 40.5 Å². The van der Waals surface area contributed by atoms with Gasteiger partial charge >= 0.3 is 0 Å². The van der Waals surface area contributed by atoms with Gasteiger partial charge in [-0.1, -0.05) is 65.7 Å². The summed E-state index contributed by atoms with van der Waals surface area (Å²) in [7, 11) is 0. The molecule has 0 bridgehead atoms. The average molecular weight is 657 g/mol. The molecule has 0 amide bonds. The van der Waals surface area contributed by atoms with E-state index >= 15 is 0 Å². The molecule has 1 aliphatic rings. The Hall–Kier alpha value is -5.17. The van der Waals surface area contributed by atoms with Crippen molar-refractivity contribution in [3.05, 3.63) is 134 Å². The van der Waals surface area contributed by atoms with Crippen molar-refractivity contribution in [3.63, 3.8) is 0 Å². The minimum atomic E-state index is -0.430. The number of nitrogens with zero attached hydrogens (tertiary/aromatic N) is 6. The standard InChI is InChI=1S/C31H23Cl2N9O2S/c32-21-8-12-23(13-9-21)34-28-36-29(35-24-14-10-22(33)11-15-24)38-30(37-28)39-31(45)41-27(20-6-16-25(17-7-20)42(43)44)18-26(40-41)19-4-2-1-3-5-19/h1-17,27H,18H2,(H3,34,35,36,37,38,39,45). The van der Waals surface area contributed by atoms with Crippen molar-refractivity contribution in [2.45, 2.75) is 12.5 Å². The fourth-order valence-corrected chi connectivity index (χ4v) is 5.11. The molecule has 1 atom stereocenters. The molecule has 0 fully saturated rings. The van der Waals surface area contributed by atoms with Crippen molar-refractivity contribution < 1.29 is 4.92 Å². The molecule has 5 aromatic rings. The predicted octanol–water partition coefficient (Wildman–Crippen LogP) is 8.12. The lowest BCUT2D eigenvalue weighted by molar-refractivity contribution is -0.384. The number of hydrogen-bond acceptors (Lipinski definition) is 9. The summed E-state index contributed by atoms with van der Waals surface area (Å²) in [6, 6.07) is 30.0. The molecule has 14 heteroatoms. The van der Waals surface area contributed by atoms with Gasteiger partial charge in [-0.25, -0.2) is 5.01 Å². The number of nitro benzene ring substituents is 1. The Morgan fingerprint density at radius 3 is 1.84 bits per heavy atom. The van der Waals surface area contributed by atoms with Gasteiger partial charge in [0.1, 0.15) is 0 Å². The molecule has 11 nitrogen and oxygen atoms in total. The number of hydrazone groups is 1. The van der Waals surface area contributed by atoms with E-state index in [-0.39, 0.29) is 34.7 Å². The van der Waals surface area contributed by atoms with E-state index in [0.29, 0.717) is 27.8 Å². The minimum Gasteiger partial charge on any atom is -0.324 e. The molecule has 3 N–H and O–H groups in total. The number of hydrogen-bond donors (Lipinski definition) is 3. The maximum atomic E-state index is 11.3. The second-order valence-corrected chi connectivity index (χ2v) is 11.1. The number of aromatic nitrogens is 3. The molecule has 224 valence electrons. The Kier molecular flexibility index (Phi) is 8.78. The predicted molar refractivity (Wildman–Crippen MR) is 181 cm³/mol. The van der Waals surface area contributed by atoms with E-state index in [2.05, 4.69) is 30.9 Å². The van der Waals surface area contributed by atoms with E-state index < -0.39 is 4.92 Å². The van der Waals surface area contributed by atoms with E-state index in [0.717, 1.165) is 16.8 Å². The van der Waals surface area contributed by atoms with Crippen LogP contribution in [-0.2, 0) is 0 Å². The van der Waals surface area contributed by atoms with E-state index in [1.165, 1.54) is 12.1 Å². The lowest BCUT2D eigenvalue weighted by Gasteiger charge is -2.24. The van der Waals surface area contributed by atoms with Gasteiger partial charge < -0.3 is 10.6 Å². The zero-order valence-electron chi connectivity index (χ0n) is 23.3. The first-order valence-electron chi connectivity index (χ1n) is 13.6. The van der Waals surface area contributed by atoms with Crippen LogP contribution in [0.4, 0.5) is 34.9 Å². The zero-order valence-corrected chi connectivity index (χ0v) is 25.6. The van der Waals surface area contributed by atoms with Crippen LogP contribution in [0.15, 0.2) is 108 Å². The van der Waals surface area contributed by atoms with Crippen LogP contribution in [0.25, 0.3) is 0 Å². The summed E-state index contributed by atoms with van der Waals surface area (Å²) in [6.07, 6.45) is 0.521. The molecule has 1 unspecified atom stereocenters. The fourth-order valence-electron chi connectivity index (χ4n) is 4.60. The van der Waals surface area contributed by atoms with E-state index in [9.17, 15) is 10.1 Å². The maximum Gasteiger partial charge on any atom is 0.269 e. The maximum absolute atomic E-state index is 11.3. The van der Waals surface area contributed by atoms with Crippen LogP contribution in [0.5, 0.6) is 0 Å². The Bertz CT molecular complexity index is 1810. The van der Waals surface area contributed by atoms with Crippen LogP contribution in [-0.4, -0.2) is 35.7 Å². The number of benzene rings is 4. The number of halogens is 2. The highest BCUT2D eigenvalue weighted by Crippen LogP contribution is 2.34. The van der Waals surface area contributed by atoms with E-state index in [1.54, 1.807) is 65.7 Å². The van der Waals surface area contributed by atoms with Gasteiger partial charge in [0.15, 0.2) is 5.11 Å². The third-order valence-electron chi connectivity index (χ3n) is 6.77. The Morgan fingerprint density at radius 1 is 0.778 bits per heavy atom. The second kappa shape index (κ2) is 13.2. The third-order valence-corrected chi connectivity index (χ3v) is 7.56. The lowest BCUT2D eigenvalue weighted by atomic mass is 9.98. The number of nitrogens with one attached hydrogen (secondary N) is 3. The number of nitro groups is 1. The van der Waals surface area contributed by atoms with Crippen molar-refractivity contribution in [1.82, 2.24) is 20.0 Å². The highest BCUT2D eigenvalue weighted by molar-refractivity contribution is 7.80. The van der Waals surface area contributed by atoms with Gasteiger partial charge in [0.25, 0.3) is 5.69 Å². The van der Waals surface area contributed by atoms with Crippen LogP contribution in [0.1, 0.15) is 23.6 Å². The summed E-state index contributed by atoms with van der Waals surface area (Å²) in [4.78, 5) is 24.4. The van der Waals surface area contributed by atoms with Crippen molar-refractivity contribution in [1.29, 1.82) is 0 Å². The number of non-ortho nitro benzene ring substituents is 1. The lowest BCUT2D eigenvalue weighted by Crippen LogP contribution is -2.32. The largest absolute Gasteiger partial charge is 0.324 e. The highest BCUT2D eigenvalue weighted by Gasteiger charge is 2.32. The SMILES string of the molecule is O=[N+]([O-])c1ccc(C2CC(c3ccccc3)=NN2C(=S)Nc2nc(Nc3ccc(Cl)cc3)nc(Nc3ccc(Cl)cc3)n2)cc1. The summed E-state index contributed by atoms with van der Waals surface area (Å²) < 4.78 is 0. The Labute approximate surface area is 273 Å². The second-order valence-electron chi connectivity index (χ2n) is 9.83. The summed E-state index contributed by atoms with van der Waals surface area (Å²) in [5.41, 5.74) is 4.00. The minimum absolute atomic E-state index is 0.000168. The topological polar surface area (TPSA) is 134 Å². The number of rotatable bonds is 8. The van der Waals surface area contributed by atoms with Gasteiger partial charge in [-0.3, -0.25) is 15.4 Å². The van der Waals surface area contributed by atoms with Gasteiger partial charge in [-0.05, 0) is 71.9 Å². The molecular formula is C31H23Cl2N9O2S. The first-order valence-corrected chi connectivity index (χ1v) is 14.8. The van der Waals surface area contributed by atoms with Crippen molar-refractivity contribution in [3.8, 4) is 0 Å². The van der Waals surface area contributed by atoms with Crippen LogP contribution < -0.4 is 16.0 Å². The zero-order chi connectivity index (χ0) is 31.3. The Morgan fingerprint density at radius 2 is 1.31 bits per heavy atom. The molecule has 0 radical (unpaired) electrons. The van der Waals surface area contributed by atoms with Gasteiger partial charge in [-0.2, -0.15) is 20.1 Å². The van der Waals surface area contributed by atoms with Gasteiger partial charge in [-0.15, -0.1) is 0 Å². The van der Waals surface area contributed by atoms with Crippen LogP contribution in [0.3, 0.4) is 0 Å². The molecule has 4 aromatic carbocycles. The molecule has 45 heavy (non-hydrogen) atoms. The quantitative estimate of drug-likeness (QED) is 0.0854. The molecule has 0 saturated carbocycles. The molecule has 0 saturated heterocycles. The summed E-state index contributed by atoms with van der Waals surface area (Å²) in [5, 5.41) is 28.6.